The van der Waals surface area contributed by atoms with Gasteiger partial charge in [-0.2, -0.15) is 5.10 Å². The fourth-order valence-corrected chi connectivity index (χ4v) is 2.59. The van der Waals surface area contributed by atoms with Crippen molar-refractivity contribution in [2.75, 3.05) is 32.8 Å². The van der Waals surface area contributed by atoms with Gasteiger partial charge in [0.1, 0.15) is 5.75 Å². The number of esters is 1. The summed E-state index contributed by atoms with van der Waals surface area (Å²) in [5.74, 6) is -0.188. The Hall–Kier alpha value is -3.10. The molecule has 0 saturated carbocycles. The molecule has 1 amide bonds. The third-order valence-electron chi connectivity index (χ3n) is 4.15. The largest absolute Gasteiger partial charge is 0.423 e. The summed E-state index contributed by atoms with van der Waals surface area (Å²) in [6, 6.07) is 10.1. The number of hydrogen-bond acceptors (Lipinski definition) is 7. The Morgan fingerprint density at radius 1 is 1.21 bits per heavy atom. The smallest absolute Gasteiger partial charge is 0.345 e. The van der Waals surface area contributed by atoms with Crippen molar-refractivity contribution < 1.29 is 19.1 Å². The lowest BCUT2D eigenvalue weighted by molar-refractivity contribution is -0.121. The van der Waals surface area contributed by atoms with Crippen molar-refractivity contribution in [1.82, 2.24) is 15.3 Å². The molecular weight excluding hydrogens is 360 g/mol. The molecule has 0 bridgehead atoms. The predicted octanol–water partition coefficient (Wildman–Crippen LogP) is 1.47. The van der Waals surface area contributed by atoms with Gasteiger partial charge in [-0.1, -0.05) is 0 Å². The SMILES string of the molecule is O=C(CCN1CCOCC1)N/N=C/c1ccc(OC(=O)c2cccnc2)cc1. The van der Waals surface area contributed by atoms with E-state index in [0.717, 1.165) is 18.7 Å². The Labute approximate surface area is 163 Å². The van der Waals surface area contributed by atoms with Crippen LogP contribution in [0.2, 0.25) is 0 Å². The molecule has 1 N–H and O–H groups in total. The van der Waals surface area contributed by atoms with Crippen molar-refractivity contribution in [3.05, 3.63) is 59.9 Å². The molecule has 2 aromatic rings. The van der Waals surface area contributed by atoms with Gasteiger partial charge in [-0.15, -0.1) is 0 Å². The van der Waals surface area contributed by atoms with Crippen LogP contribution in [0, 0.1) is 0 Å². The van der Waals surface area contributed by atoms with E-state index in [-0.39, 0.29) is 5.91 Å². The first-order chi connectivity index (χ1) is 13.7. The molecule has 1 saturated heterocycles. The molecule has 0 atom stereocenters. The van der Waals surface area contributed by atoms with E-state index in [9.17, 15) is 9.59 Å². The summed E-state index contributed by atoms with van der Waals surface area (Å²) in [6.45, 7) is 3.84. The molecule has 0 aliphatic carbocycles. The van der Waals surface area contributed by atoms with Crippen LogP contribution >= 0.6 is 0 Å². The highest BCUT2D eigenvalue weighted by Gasteiger charge is 2.11. The molecular formula is C20H22N4O4. The van der Waals surface area contributed by atoms with Crippen LogP contribution in [0.5, 0.6) is 5.75 Å². The van der Waals surface area contributed by atoms with Gasteiger partial charge in [-0.25, -0.2) is 10.2 Å². The number of morpholine rings is 1. The molecule has 1 aliphatic rings. The van der Waals surface area contributed by atoms with Gasteiger partial charge in [0.25, 0.3) is 0 Å². The second-order valence-corrected chi connectivity index (χ2v) is 6.20. The highest BCUT2D eigenvalue weighted by atomic mass is 16.5. The number of amides is 1. The van der Waals surface area contributed by atoms with E-state index in [1.165, 1.54) is 6.20 Å². The lowest BCUT2D eigenvalue weighted by Gasteiger charge is -2.25. The minimum Gasteiger partial charge on any atom is -0.423 e. The number of carbonyl (C=O) groups is 2. The molecule has 8 heteroatoms. The van der Waals surface area contributed by atoms with Crippen LogP contribution < -0.4 is 10.2 Å². The summed E-state index contributed by atoms with van der Waals surface area (Å²) in [7, 11) is 0. The van der Waals surface area contributed by atoms with Crippen LogP contribution in [0.25, 0.3) is 0 Å². The molecule has 0 spiro atoms. The Balaban J connectivity index is 1.42. The molecule has 146 valence electrons. The molecule has 3 rings (SSSR count). The fraction of sp³-hybridized carbons (Fsp3) is 0.300. The Morgan fingerprint density at radius 3 is 2.71 bits per heavy atom. The van der Waals surface area contributed by atoms with Gasteiger partial charge in [0.05, 0.1) is 25.0 Å². The fourth-order valence-electron chi connectivity index (χ4n) is 2.59. The van der Waals surface area contributed by atoms with Crippen LogP contribution in [0.3, 0.4) is 0 Å². The first-order valence-corrected chi connectivity index (χ1v) is 9.05. The predicted molar refractivity (Wildman–Crippen MR) is 103 cm³/mol. The average molecular weight is 382 g/mol. The second kappa shape index (κ2) is 10.3. The second-order valence-electron chi connectivity index (χ2n) is 6.20. The minimum atomic E-state index is -0.470. The van der Waals surface area contributed by atoms with Gasteiger partial charge in [-0.3, -0.25) is 14.7 Å². The third-order valence-corrected chi connectivity index (χ3v) is 4.15. The number of nitrogens with one attached hydrogen (secondary N) is 1. The van der Waals surface area contributed by atoms with Crippen molar-refractivity contribution in [2.45, 2.75) is 6.42 Å². The van der Waals surface area contributed by atoms with Crippen LogP contribution in [-0.2, 0) is 9.53 Å². The summed E-state index contributed by atoms with van der Waals surface area (Å²) in [5.41, 5.74) is 3.67. The number of aromatic nitrogens is 1. The lowest BCUT2D eigenvalue weighted by atomic mass is 10.2. The molecule has 1 aromatic heterocycles. The monoisotopic (exact) mass is 382 g/mol. The van der Waals surface area contributed by atoms with Gasteiger partial charge in [0.15, 0.2) is 0 Å². The first kappa shape index (κ1) is 19.7. The molecule has 0 unspecified atom stereocenters. The third kappa shape index (κ3) is 6.26. The number of benzene rings is 1. The van der Waals surface area contributed by atoms with Crippen molar-refractivity contribution in [3.8, 4) is 5.75 Å². The molecule has 0 radical (unpaired) electrons. The van der Waals surface area contributed by atoms with Gasteiger partial charge >= 0.3 is 5.97 Å². The number of carbonyl (C=O) groups excluding carboxylic acids is 2. The van der Waals surface area contributed by atoms with Gasteiger partial charge < -0.3 is 9.47 Å². The highest BCUT2D eigenvalue weighted by Crippen LogP contribution is 2.13. The van der Waals surface area contributed by atoms with Crippen molar-refractivity contribution in [1.29, 1.82) is 0 Å². The first-order valence-electron chi connectivity index (χ1n) is 9.05. The van der Waals surface area contributed by atoms with Crippen LogP contribution in [0.15, 0.2) is 53.9 Å². The van der Waals surface area contributed by atoms with Crippen molar-refractivity contribution >= 4 is 18.1 Å². The summed E-state index contributed by atoms with van der Waals surface area (Å²) in [6.07, 6.45) is 4.97. The number of nitrogens with zero attached hydrogens (tertiary/aromatic N) is 3. The van der Waals surface area contributed by atoms with Crippen molar-refractivity contribution in [2.24, 2.45) is 5.10 Å². The summed E-state index contributed by atoms with van der Waals surface area (Å²) < 4.78 is 10.6. The standard InChI is InChI=1S/C20H22N4O4/c25-19(7-9-24-10-12-27-13-11-24)23-22-14-16-3-5-18(6-4-16)28-20(26)17-2-1-8-21-15-17/h1-6,8,14-15H,7,9-13H2,(H,23,25)/b22-14+. The molecule has 2 heterocycles. The van der Waals surface area contributed by atoms with E-state index >= 15 is 0 Å². The summed E-state index contributed by atoms with van der Waals surface area (Å²) in [5, 5.41) is 3.96. The van der Waals surface area contributed by atoms with Crippen LogP contribution in [0.1, 0.15) is 22.3 Å². The van der Waals surface area contributed by atoms with Gasteiger partial charge in [0, 0.05) is 38.4 Å². The summed E-state index contributed by atoms with van der Waals surface area (Å²) in [4.78, 5) is 29.9. The molecule has 8 nitrogen and oxygen atoms in total. The van der Waals surface area contributed by atoms with Crippen LogP contribution in [0.4, 0.5) is 0 Å². The zero-order chi connectivity index (χ0) is 19.6. The topological polar surface area (TPSA) is 93.1 Å². The van der Waals surface area contributed by atoms with E-state index in [4.69, 9.17) is 9.47 Å². The molecule has 1 aromatic carbocycles. The Morgan fingerprint density at radius 2 is 2.00 bits per heavy atom. The van der Waals surface area contributed by atoms with Gasteiger partial charge in [0.2, 0.25) is 5.91 Å². The zero-order valence-electron chi connectivity index (χ0n) is 15.4. The number of rotatable bonds is 7. The maximum Gasteiger partial charge on any atom is 0.345 e. The molecule has 1 aliphatic heterocycles. The zero-order valence-corrected chi connectivity index (χ0v) is 15.4. The summed E-state index contributed by atoms with van der Waals surface area (Å²) >= 11 is 0. The number of ether oxygens (including phenoxy) is 2. The Kier molecular flexibility index (Phi) is 7.22. The highest BCUT2D eigenvalue weighted by molar-refractivity contribution is 5.90. The minimum absolute atomic E-state index is 0.134. The van der Waals surface area contributed by atoms with E-state index in [1.54, 1.807) is 48.8 Å². The van der Waals surface area contributed by atoms with Crippen LogP contribution in [-0.4, -0.2) is 60.8 Å². The lowest BCUT2D eigenvalue weighted by Crippen LogP contribution is -2.38. The normalized spacial score (nSPS) is 14.7. The van der Waals surface area contributed by atoms with E-state index in [2.05, 4.69) is 20.4 Å². The maximum absolute atomic E-state index is 12.0. The number of hydrazone groups is 1. The molecule has 1 fully saturated rings. The van der Waals surface area contributed by atoms with Gasteiger partial charge in [-0.05, 0) is 42.0 Å². The van der Waals surface area contributed by atoms with E-state index < -0.39 is 5.97 Å². The molecule has 28 heavy (non-hydrogen) atoms. The number of hydrogen-bond donors (Lipinski definition) is 1. The number of pyridine rings is 1. The van der Waals surface area contributed by atoms with E-state index in [0.29, 0.717) is 37.5 Å². The Bertz CT molecular complexity index is 803. The average Bonchev–Trinajstić information content (AvgIpc) is 2.75. The quantitative estimate of drug-likeness (QED) is 0.337. The maximum atomic E-state index is 12.0. The van der Waals surface area contributed by atoms with Crippen molar-refractivity contribution in [3.63, 3.8) is 0 Å². The van der Waals surface area contributed by atoms with E-state index in [1.807, 2.05) is 0 Å².